The Balaban J connectivity index is 0.000000217. The molecule has 1 aromatic carbocycles. The molecule has 0 bridgehead atoms. The predicted octanol–water partition coefficient (Wildman–Crippen LogP) is 1.40. The van der Waals surface area contributed by atoms with Crippen LogP contribution in [0.15, 0.2) is 30.3 Å². The van der Waals surface area contributed by atoms with Crippen LogP contribution in [-0.4, -0.2) is 14.9 Å². The number of hydrogen-bond donors (Lipinski definition) is 3. The quantitative estimate of drug-likeness (QED) is 0.642. The van der Waals surface area contributed by atoms with Crippen molar-refractivity contribution in [2.45, 2.75) is 0 Å². The summed E-state index contributed by atoms with van der Waals surface area (Å²) in [7, 11) is -1.16. The minimum Gasteiger partial charge on any atom is -0.508 e. The molecule has 0 fully saturated rings. The molecule has 0 heterocycles. The van der Waals surface area contributed by atoms with Crippen LogP contribution in [0.4, 0.5) is 0 Å². The van der Waals surface area contributed by atoms with E-state index in [0.717, 1.165) is 0 Å². The number of para-hydroxylation sites is 1. The van der Waals surface area contributed by atoms with Crippen molar-refractivity contribution in [1.82, 2.24) is 0 Å². The van der Waals surface area contributed by atoms with Crippen LogP contribution >= 0.6 is 18.1 Å². The van der Waals surface area contributed by atoms with Gasteiger partial charge in [0.1, 0.15) is 5.75 Å². The Morgan fingerprint density at radius 1 is 1.00 bits per heavy atom. The average molecular weight is 208 g/mol. The van der Waals surface area contributed by atoms with E-state index in [2.05, 4.69) is 4.31 Å². The zero-order valence-corrected chi connectivity index (χ0v) is 8.14. The largest absolute Gasteiger partial charge is 0.508 e. The predicted molar refractivity (Wildman–Crippen MR) is 50.3 cm³/mol. The van der Waals surface area contributed by atoms with Crippen molar-refractivity contribution < 1.29 is 19.2 Å². The van der Waals surface area contributed by atoms with Crippen LogP contribution in [0, 0.1) is 0 Å². The van der Waals surface area contributed by atoms with Gasteiger partial charge < -0.3 is 14.9 Å². The SMILES string of the molecule is OPOPO.Oc1ccccc1. The van der Waals surface area contributed by atoms with Crippen molar-refractivity contribution in [2.75, 3.05) is 0 Å². The molecule has 68 valence electrons. The summed E-state index contributed by atoms with van der Waals surface area (Å²) in [6.45, 7) is 0. The lowest BCUT2D eigenvalue weighted by Crippen LogP contribution is -1.56. The third kappa shape index (κ3) is 7.86. The molecule has 0 saturated carbocycles. The van der Waals surface area contributed by atoms with E-state index >= 15 is 0 Å². The van der Waals surface area contributed by atoms with Crippen LogP contribution in [0.2, 0.25) is 0 Å². The van der Waals surface area contributed by atoms with E-state index in [4.69, 9.17) is 14.9 Å². The highest BCUT2D eigenvalue weighted by atomic mass is 31.2. The van der Waals surface area contributed by atoms with Gasteiger partial charge in [-0.05, 0) is 12.1 Å². The van der Waals surface area contributed by atoms with Crippen molar-refractivity contribution in [3.05, 3.63) is 30.3 Å². The van der Waals surface area contributed by atoms with Crippen LogP contribution in [-0.2, 0) is 4.31 Å². The molecule has 0 aliphatic carbocycles. The molecule has 0 aliphatic rings. The summed E-state index contributed by atoms with van der Waals surface area (Å²) in [5.41, 5.74) is 0. The fraction of sp³-hybridized carbons (Fsp3) is 0. The summed E-state index contributed by atoms with van der Waals surface area (Å²) in [5, 5.41) is 8.63. The number of phenols is 1. The van der Waals surface area contributed by atoms with Crippen LogP contribution in [0.25, 0.3) is 0 Å². The average Bonchev–Trinajstić information content (AvgIpc) is 2.08. The standard InChI is InChI=1S/C6H6O.H4O3P2/c7-6-4-2-1-3-5-6;1-4-3-5-2/h1-5,7H;1-2,4-5H. The lowest BCUT2D eigenvalue weighted by molar-refractivity contribution is 0.475. The summed E-state index contributed by atoms with van der Waals surface area (Å²) in [4.78, 5) is 15.4. The number of benzene rings is 1. The lowest BCUT2D eigenvalue weighted by atomic mass is 10.3. The second-order valence-electron chi connectivity index (χ2n) is 1.62. The van der Waals surface area contributed by atoms with E-state index in [9.17, 15) is 0 Å². The summed E-state index contributed by atoms with van der Waals surface area (Å²) in [6.07, 6.45) is 0. The maximum Gasteiger partial charge on any atom is 0.158 e. The second-order valence-corrected chi connectivity index (χ2v) is 2.80. The number of hydrogen-bond acceptors (Lipinski definition) is 4. The lowest BCUT2D eigenvalue weighted by Gasteiger charge is -1.82. The number of aromatic hydroxyl groups is 1. The van der Waals surface area contributed by atoms with Gasteiger partial charge >= 0.3 is 0 Å². The molecule has 0 saturated heterocycles. The third-order valence-corrected chi connectivity index (χ3v) is 1.58. The van der Waals surface area contributed by atoms with E-state index in [0.29, 0.717) is 5.75 Å². The maximum atomic E-state index is 8.63. The molecule has 0 aliphatic heterocycles. The molecule has 6 heteroatoms. The van der Waals surface area contributed by atoms with Gasteiger partial charge in [-0.25, -0.2) is 0 Å². The molecule has 4 nitrogen and oxygen atoms in total. The van der Waals surface area contributed by atoms with Crippen molar-refractivity contribution in [1.29, 1.82) is 0 Å². The first-order chi connectivity index (χ1) is 5.81. The highest BCUT2D eigenvalue weighted by molar-refractivity contribution is 7.39. The molecule has 0 spiro atoms. The van der Waals surface area contributed by atoms with Crippen LogP contribution in [0.3, 0.4) is 0 Å². The van der Waals surface area contributed by atoms with E-state index in [-0.39, 0.29) is 0 Å². The number of phenolic OH excluding ortho intramolecular Hbond substituents is 1. The van der Waals surface area contributed by atoms with Crippen LogP contribution in [0.1, 0.15) is 0 Å². The zero-order chi connectivity index (χ0) is 9.23. The third-order valence-electron chi connectivity index (χ3n) is 0.847. The monoisotopic (exact) mass is 208 g/mol. The Morgan fingerprint density at radius 3 is 1.67 bits per heavy atom. The fourth-order valence-electron chi connectivity index (χ4n) is 0.448. The molecule has 0 aromatic heterocycles. The van der Waals surface area contributed by atoms with Gasteiger partial charge in [-0.3, -0.25) is 4.31 Å². The maximum absolute atomic E-state index is 8.63. The van der Waals surface area contributed by atoms with Gasteiger partial charge in [0.05, 0.1) is 0 Å². The molecule has 2 unspecified atom stereocenters. The fourth-order valence-corrected chi connectivity index (χ4v) is 0.612. The Kier molecular flexibility index (Phi) is 8.68. The molecule has 3 N–H and O–H groups in total. The molecule has 2 atom stereocenters. The first kappa shape index (κ1) is 11.8. The summed E-state index contributed by atoms with van der Waals surface area (Å²) in [5.74, 6) is 0.322. The Labute approximate surface area is 74.1 Å². The van der Waals surface area contributed by atoms with E-state index in [1.807, 2.05) is 6.07 Å². The molecular formula is C6H10O4P2. The molecule has 0 radical (unpaired) electrons. The Bertz CT molecular complexity index is 180. The number of rotatable bonds is 2. The van der Waals surface area contributed by atoms with Crippen LogP contribution < -0.4 is 0 Å². The molecule has 1 rings (SSSR count). The molecule has 12 heavy (non-hydrogen) atoms. The van der Waals surface area contributed by atoms with Gasteiger partial charge in [-0.1, -0.05) is 18.2 Å². The summed E-state index contributed by atoms with van der Waals surface area (Å²) >= 11 is 0. The first-order valence-corrected chi connectivity index (χ1v) is 4.70. The van der Waals surface area contributed by atoms with Gasteiger partial charge in [0.25, 0.3) is 0 Å². The van der Waals surface area contributed by atoms with Crippen molar-refractivity contribution in [3.63, 3.8) is 0 Å². The first-order valence-electron chi connectivity index (χ1n) is 2.99. The zero-order valence-electron chi connectivity index (χ0n) is 6.14. The molecule has 1 aromatic rings. The van der Waals surface area contributed by atoms with Gasteiger partial charge in [0.15, 0.2) is 18.1 Å². The Morgan fingerprint density at radius 2 is 1.50 bits per heavy atom. The van der Waals surface area contributed by atoms with Gasteiger partial charge in [-0.15, -0.1) is 0 Å². The van der Waals surface area contributed by atoms with E-state index in [1.165, 1.54) is 0 Å². The smallest absolute Gasteiger partial charge is 0.158 e. The molecule has 0 amide bonds. The van der Waals surface area contributed by atoms with Crippen molar-refractivity contribution in [3.8, 4) is 5.75 Å². The van der Waals surface area contributed by atoms with Gasteiger partial charge in [0.2, 0.25) is 0 Å². The highest BCUT2D eigenvalue weighted by Crippen LogP contribution is 2.17. The van der Waals surface area contributed by atoms with Gasteiger partial charge in [0, 0.05) is 0 Å². The molecular weight excluding hydrogens is 198 g/mol. The van der Waals surface area contributed by atoms with Crippen molar-refractivity contribution in [2.24, 2.45) is 0 Å². The highest BCUT2D eigenvalue weighted by Gasteiger charge is 1.74. The minimum atomic E-state index is -0.580. The topological polar surface area (TPSA) is 69.9 Å². The van der Waals surface area contributed by atoms with E-state index in [1.54, 1.807) is 24.3 Å². The Hall–Kier alpha value is -0.240. The second kappa shape index (κ2) is 8.85. The van der Waals surface area contributed by atoms with Crippen LogP contribution in [0.5, 0.6) is 5.75 Å². The minimum absolute atomic E-state index is 0.322. The van der Waals surface area contributed by atoms with Crippen molar-refractivity contribution >= 4 is 18.1 Å². The summed E-state index contributed by atoms with van der Waals surface area (Å²) in [6, 6.07) is 8.71. The van der Waals surface area contributed by atoms with Gasteiger partial charge in [-0.2, -0.15) is 0 Å². The normalized spacial score (nSPS) is 10.5. The van der Waals surface area contributed by atoms with E-state index < -0.39 is 18.1 Å². The summed E-state index contributed by atoms with van der Waals surface area (Å²) < 4.78 is 4.00.